The minimum Gasteiger partial charge on any atom is -0.463 e. The third-order valence-corrected chi connectivity index (χ3v) is 3.60. The summed E-state index contributed by atoms with van der Waals surface area (Å²) in [5.74, 6) is 0.271. The summed E-state index contributed by atoms with van der Waals surface area (Å²) >= 11 is 0. The van der Waals surface area contributed by atoms with Crippen molar-refractivity contribution in [2.75, 3.05) is 12.4 Å². The van der Waals surface area contributed by atoms with E-state index >= 15 is 0 Å². The molecule has 1 saturated carbocycles. The molecule has 18 heavy (non-hydrogen) atoms. The lowest BCUT2D eigenvalue weighted by Gasteiger charge is -2.28. The van der Waals surface area contributed by atoms with Crippen molar-refractivity contribution in [2.24, 2.45) is 5.41 Å². The Morgan fingerprint density at radius 3 is 2.94 bits per heavy atom. The zero-order chi connectivity index (χ0) is 13.2. The van der Waals surface area contributed by atoms with Crippen molar-refractivity contribution in [3.8, 4) is 0 Å². The molecule has 0 radical (unpaired) electrons. The molecule has 5 heteroatoms. The first-order valence-corrected chi connectivity index (χ1v) is 6.21. The number of methoxy groups -OCH3 is 1. The molecule has 1 N–H and O–H groups in total. The van der Waals surface area contributed by atoms with Gasteiger partial charge in [0.15, 0.2) is 0 Å². The van der Waals surface area contributed by atoms with E-state index in [9.17, 15) is 4.79 Å². The monoisotopic (exact) mass is 249 g/mol. The molecule has 0 aliphatic heterocycles. The van der Waals surface area contributed by atoms with Gasteiger partial charge in [0.2, 0.25) is 5.82 Å². The third kappa shape index (κ3) is 2.60. The fourth-order valence-electron chi connectivity index (χ4n) is 2.40. The van der Waals surface area contributed by atoms with Crippen LogP contribution < -0.4 is 5.32 Å². The maximum absolute atomic E-state index is 11.4. The van der Waals surface area contributed by atoms with Gasteiger partial charge in [-0.1, -0.05) is 20.3 Å². The van der Waals surface area contributed by atoms with Crippen LogP contribution in [0.3, 0.4) is 0 Å². The molecule has 1 aliphatic carbocycles. The van der Waals surface area contributed by atoms with Crippen molar-refractivity contribution in [1.29, 1.82) is 0 Å². The topological polar surface area (TPSA) is 64.1 Å². The molecule has 5 nitrogen and oxygen atoms in total. The first-order valence-electron chi connectivity index (χ1n) is 6.21. The second-order valence-electron chi connectivity index (χ2n) is 5.33. The van der Waals surface area contributed by atoms with E-state index in [-0.39, 0.29) is 11.2 Å². The van der Waals surface area contributed by atoms with E-state index in [0.29, 0.717) is 11.9 Å². The SMILES string of the molecule is COC(=O)c1nccc(NC2CCCC2(C)C)n1. The van der Waals surface area contributed by atoms with Gasteiger partial charge < -0.3 is 10.1 Å². The van der Waals surface area contributed by atoms with Crippen LogP contribution in [-0.4, -0.2) is 29.1 Å². The minimum absolute atomic E-state index is 0.0957. The lowest BCUT2D eigenvalue weighted by molar-refractivity contribution is 0.0587. The van der Waals surface area contributed by atoms with Gasteiger partial charge >= 0.3 is 5.97 Å². The van der Waals surface area contributed by atoms with Gasteiger partial charge in [0.25, 0.3) is 0 Å². The zero-order valence-corrected chi connectivity index (χ0v) is 11.1. The highest BCUT2D eigenvalue weighted by Gasteiger charge is 2.34. The number of carbonyl (C=O) groups excluding carboxylic acids is 1. The van der Waals surface area contributed by atoms with E-state index in [1.807, 2.05) is 0 Å². The van der Waals surface area contributed by atoms with Crippen molar-refractivity contribution >= 4 is 11.8 Å². The van der Waals surface area contributed by atoms with Crippen LogP contribution in [-0.2, 0) is 4.74 Å². The predicted molar refractivity (Wildman–Crippen MR) is 68.4 cm³/mol. The van der Waals surface area contributed by atoms with Gasteiger partial charge in [-0.15, -0.1) is 0 Å². The Hall–Kier alpha value is -1.65. The Morgan fingerprint density at radius 1 is 1.56 bits per heavy atom. The van der Waals surface area contributed by atoms with Crippen LogP contribution in [0, 0.1) is 5.41 Å². The molecule has 0 aromatic carbocycles. The number of rotatable bonds is 3. The Labute approximate surface area is 107 Å². The molecule has 1 aliphatic rings. The summed E-state index contributed by atoms with van der Waals surface area (Å²) < 4.78 is 4.61. The molecule has 0 spiro atoms. The number of nitrogens with zero attached hydrogens (tertiary/aromatic N) is 2. The number of ether oxygens (including phenoxy) is 1. The largest absolute Gasteiger partial charge is 0.463 e. The van der Waals surface area contributed by atoms with Crippen LogP contribution in [0.5, 0.6) is 0 Å². The van der Waals surface area contributed by atoms with Crippen LogP contribution in [0.2, 0.25) is 0 Å². The Morgan fingerprint density at radius 2 is 2.33 bits per heavy atom. The van der Waals surface area contributed by atoms with Gasteiger partial charge in [0, 0.05) is 12.2 Å². The summed E-state index contributed by atoms with van der Waals surface area (Å²) in [6.45, 7) is 4.50. The van der Waals surface area contributed by atoms with Crippen molar-refractivity contribution in [3.63, 3.8) is 0 Å². The molecule has 0 saturated heterocycles. The number of hydrogen-bond donors (Lipinski definition) is 1. The van der Waals surface area contributed by atoms with Crippen LogP contribution in [0.1, 0.15) is 43.7 Å². The van der Waals surface area contributed by atoms with E-state index in [4.69, 9.17) is 0 Å². The van der Waals surface area contributed by atoms with Gasteiger partial charge in [0.1, 0.15) is 5.82 Å². The minimum atomic E-state index is -0.510. The predicted octanol–water partition coefficient (Wildman–Crippen LogP) is 2.25. The summed E-state index contributed by atoms with van der Waals surface area (Å²) in [6, 6.07) is 2.17. The molecule has 1 fully saturated rings. The molecule has 0 amide bonds. The number of esters is 1. The highest BCUT2D eigenvalue weighted by Crippen LogP contribution is 2.38. The standard InChI is InChI=1S/C13H19N3O2/c1-13(2)7-4-5-9(13)15-10-6-8-14-11(16-10)12(17)18-3/h6,8-9H,4-5,7H2,1-3H3,(H,14,15,16). The van der Waals surface area contributed by atoms with E-state index < -0.39 is 5.97 Å². The summed E-state index contributed by atoms with van der Waals surface area (Å²) in [6.07, 6.45) is 5.13. The highest BCUT2D eigenvalue weighted by molar-refractivity contribution is 5.85. The lowest BCUT2D eigenvalue weighted by Crippen LogP contribution is -2.31. The van der Waals surface area contributed by atoms with E-state index in [0.717, 1.165) is 6.42 Å². The number of carbonyl (C=O) groups is 1. The smallest absolute Gasteiger partial charge is 0.376 e. The van der Waals surface area contributed by atoms with E-state index in [1.165, 1.54) is 20.0 Å². The summed E-state index contributed by atoms with van der Waals surface area (Å²) in [5, 5.41) is 3.39. The van der Waals surface area contributed by atoms with Gasteiger partial charge in [-0.05, 0) is 24.3 Å². The number of hydrogen-bond acceptors (Lipinski definition) is 5. The summed E-state index contributed by atoms with van der Waals surface area (Å²) in [4.78, 5) is 19.4. The molecule has 2 rings (SSSR count). The van der Waals surface area contributed by atoms with Crippen LogP contribution in [0.25, 0.3) is 0 Å². The second kappa shape index (κ2) is 4.92. The van der Waals surface area contributed by atoms with Crippen LogP contribution >= 0.6 is 0 Å². The average Bonchev–Trinajstić information content (AvgIpc) is 2.68. The fraction of sp³-hybridized carbons (Fsp3) is 0.615. The average molecular weight is 249 g/mol. The molecular formula is C13H19N3O2. The number of nitrogens with one attached hydrogen (secondary N) is 1. The van der Waals surface area contributed by atoms with Crippen molar-refractivity contribution in [2.45, 2.75) is 39.2 Å². The van der Waals surface area contributed by atoms with Gasteiger partial charge in [-0.2, -0.15) is 0 Å². The van der Waals surface area contributed by atoms with E-state index in [2.05, 4.69) is 33.9 Å². The molecule has 1 aromatic rings. The third-order valence-electron chi connectivity index (χ3n) is 3.60. The van der Waals surface area contributed by atoms with Crippen LogP contribution in [0.4, 0.5) is 5.82 Å². The Kier molecular flexibility index (Phi) is 3.50. The fourth-order valence-corrected chi connectivity index (χ4v) is 2.40. The quantitative estimate of drug-likeness (QED) is 0.832. The molecule has 0 bridgehead atoms. The number of aromatic nitrogens is 2. The molecular weight excluding hydrogens is 230 g/mol. The van der Waals surface area contributed by atoms with E-state index in [1.54, 1.807) is 12.3 Å². The molecule has 1 atom stereocenters. The van der Waals surface area contributed by atoms with Crippen LogP contribution in [0.15, 0.2) is 12.3 Å². The maximum atomic E-state index is 11.4. The zero-order valence-electron chi connectivity index (χ0n) is 11.1. The number of anilines is 1. The second-order valence-corrected chi connectivity index (χ2v) is 5.33. The molecule has 1 unspecified atom stereocenters. The lowest BCUT2D eigenvalue weighted by atomic mass is 9.87. The Bertz CT molecular complexity index is 446. The maximum Gasteiger partial charge on any atom is 0.376 e. The van der Waals surface area contributed by atoms with Crippen molar-refractivity contribution < 1.29 is 9.53 Å². The first-order chi connectivity index (χ1) is 8.53. The Balaban J connectivity index is 2.12. The summed E-state index contributed by atoms with van der Waals surface area (Å²) in [5.41, 5.74) is 0.260. The van der Waals surface area contributed by atoms with Crippen molar-refractivity contribution in [3.05, 3.63) is 18.1 Å². The highest BCUT2D eigenvalue weighted by atomic mass is 16.5. The normalized spacial score (nSPS) is 21.6. The van der Waals surface area contributed by atoms with Gasteiger partial charge in [0.05, 0.1) is 7.11 Å². The summed E-state index contributed by atoms with van der Waals surface area (Å²) in [7, 11) is 1.33. The van der Waals surface area contributed by atoms with Crippen molar-refractivity contribution in [1.82, 2.24) is 9.97 Å². The molecule has 1 heterocycles. The molecule has 98 valence electrons. The van der Waals surface area contributed by atoms with Gasteiger partial charge in [-0.25, -0.2) is 14.8 Å². The molecule has 1 aromatic heterocycles. The van der Waals surface area contributed by atoms with Gasteiger partial charge in [-0.3, -0.25) is 0 Å². The first kappa shape index (κ1) is 12.8.